The molecule has 3 N–H and O–H groups in total. The van der Waals surface area contributed by atoms with E-state index in [2.05, 4.69) is 29.2 Å². The zero-order chi connectivity index (χ0) is 10.4. The van der Waals surface area contributed by atoms with Gasteiger partial charge in [-0.05, 0) is 33.6 Å². The molecular weight excluding hydrogens is 176 g/mol. The van der Waals surface area contributed by atoms with Crippen LogP contribution in [0.1, 0.15) is 6.42 Å². The maximum atomic E-state index is 5.44. The van der Waals surface area contributed by atoms with Gasteiger partial charge < -0.3 is 16.0 Å². The smallest absolute Gasteiger partial charge is 0.0345 e. The Morgan fingerprint density at radius 1 is 1.36 bits per heavy atom. The molecule has 0 radical (unpaired) electrons. The summed E-state index contributed by atoms with van der Waals surface area (Å²) in [6, 6.07) is 0.659. The first-order valence-corrected chi connectivity index (χ1v) is 5.53. The van der Waals surface area contributed by atoms with Gasteiger partial charge in [0.1, 0.15) is 0 Å². The van der Waals surface area contributed by atoms with Crippen molar-refractivity contribution in [2.24, 2.45) is 5.73 Å². The third-order valence-corrected chi connectivity index (χ3v) is 2.92. The molecule has 4 heteroatoms. The van der Waals surface area contributed by atoms with Crippen LogP contribution in [-0.4, -0.2) is 69.2 Å². The van der Waals surface area contributed by atoms with Gasteiger partial charge in [0.2, 0.25) is 0 Å². The summed E-state index contributed by atoms with van der Waals surface area (Å²) in [4.78, 5) is 4.84. The Morgan fingerprint density at radius 3 is 2.86 bits per heavy atom. The number of hydrogen-bond acceptors (Lipinski definition) is 4. The van der Waals surface area contributed by atoms with Crippen molar-refractivity contribution in [3.63, 3.8) is 0 Å². The van der Waals surface area contributed by atoms with Crippen molar-refractivity contribution in [1.82, 2.24) is 15.1 Å². The number of nitrogens with zero attached hydrogens (tertiary/aromatic N) is 2. The molecule has 1 rings (SSSR count). The molecule has 1 aliphatic rings. The summed E-state index contributed by atoms with van der Waals surface area (Å²) in [5.41, 5.74) is 5.44. The molecule has 0 aromatic carbocycles. The maximum Gasteiger partial charge on any atom is 0.0345 e. The van der Waals surface area contributed by atoms with Crippen molar-refractivity contribution in [3.05, 3.63) is 0 Å². The molecule has 0 aromatic heterocycles. The number of nitrogens with two attached hydrogens (primary N) is 1. The Bertz CT molecular complexity index is 151. The predicted molar refractivity (Wildman–Crippen MR) is 60.5 cm³/mol. The van der Waals surface area contributed by atoms with Crippen LogP contribution in [0.5, 0.6) is 0 Å². The van der Waals surface area contributed by atoms with E-state index in [-0.39, 0.29) is 0 Å². The summed E-state index contributed by atoms with van der Waals surface area (Å²) in [5.74, 6) is 0. The van der Waals surface area contributed by atoms with Crippen molar-refractivity contribution < 1.29 is 0 Å². The van der Waals surface area contributed by atoms with Crippen molar-refractivity contribution >= 4 is 0 Å². The van der Waals surface area contributed by atoms with Gasteiger partial charge in [-0.25, -0.2) is 0 Å². The van der Waals surface area contributed by atoms with Crippen LogP contribution in [0.3, 0.4) is 0 Å². The van der Waals surface area contributed by atoms with Crippen LogP contribution < -0.4 is 11.1 Å². The molecule has 0 bridgehead atoms. The van der Waals surface area contributed by atoms with E-state index in [4.69, 9.17) is 5.73 Å². The van der Waals surface area contributed by atoms with Gasteiger partial charge >= 0.3 is 0 Å². The second-order valence-corrected chi connectivity index (χ2v) is 4.24. The largest absolute Gasteiger partial charge is 0.330 e. The molecule has 1 unspecified atom stereocenters. The lowest BCUT2D eigenvalue weighted by molar-refractivity contribution is 0.113. The van der Waals surface area contributed by atoms with Gasteiger partial charge in [-0.3, -0.25) is 4.90 Å². The highest BCUT2D eigenvalue weighted by Gasteiger charge is 2.21. The molecule has 1 aliphatic heterocycles. The molecule has 1 heterocycles. The number of piperazine rings is 1. The van der Waals surface area contributed by atoms with Gasteiger partial charge in [0.15, 0.2) is 0 Å². The topological polar surface area (TPSA) is 44.5 Å². The highest BCUT2D eigenvalue weighted by atomic mass is 15.3. The third-order valence-electron chi connectivity index (χ3n) is 2.92. The van der Waals surface area contributed by atoms with Crippen molar-refractivity contribution in [3.8, 4) is 0 Å². The SMILES string of the molecule is CN1CCN(C)C(CNCCCN)C1. The minimum absolute atomic E-state index is 0.659. The predicted octanol–water partition coefficient (Wildman–Crippen LogP) is -0.829. The van der Waals surface area contributed by atoms with Gasteiger partial charge in [0, 0.05) is 32.2 Å². The fourth-order valence-corrected chi connectivity index (χ4v) is 1.82. The highest BCUT2D eigenvalue weighted by Crippen LogP contribution is 2.04. The van der Waals surface area contributed by atoms with E-state index in [1.54, 1.807) is 0 Å². The zero-order valence-electron chi connectivity index (χ0n) is 9.50. The van der Waals surface area contributed by atoms with E-state index in [1.165, 1.54) is 19.6 Å². The fourth-order valence-electron chi connectivity index (χ4n) is 1.82. The number of hydrogen-bond donors (Lipinski definition) is 2. The van der Waals surface area contributed by atoms with Crippen LogP contribution in [0.4, 0.5) is 0 Å². The van der Waals surface area contributed by atoms with E-state index in [0.29, 0.717) is 6.04 Å². The number of nitrogens with one attached hydrogen (secondary N) is 1. The lowest BCUT2D eigenvalue weighted by Gasteiger charge is -2.37. The van der Waals surface area contributed by atoms with Crippen LogP contribution in [0.15, 0.2) is 0 Å². The highest BCUT2D eigenvalue weighted by molar-refractivity contribution is 4.80. The van der Waals surface area contributed by atoms with Crippen molar-refractivity contribution in [2.75, 3.05) is 53.4 Å². The average molecular weight is 200 g/mol. The first-order valence-electron chi connectivity index (χ1n) is 5.53. The normalized spacial score (nSPS) is 25.5. The Morgan fingerprint density at radius 2 is 2.14 bits per heavy atom. The van der Waals surface area contributed by atoms with Gasteiger partial charge in [0.25, 0.3) is 0 Å². The number of likely N-dealkylation sites (N-methyl/N-ethyl adjacent to an activating group) is 2. The van der Waals surface area contributed by atoms with Crippen LogP contribution in [0.2, 0.25) is 0 Å². The summed E-state index contributed by atoms with van der Waals surface area (Å²) >= 11 is 0. The van der Waals surface area contributed by atoms with E-state index >= 15 is 0 Å². The fraction of sp³-hybridized carbons (Fsp3) is 1.00. The van der Waals surface area contributed by atoms with Crippen LogP contribution in [-0.2, 0) is 0 Å². The first kappa shape index (κ1) is 11.9. The molecular formula is C10H24N4. The Labute approximate surface area is 87.4 Å². The lowest BCUT2D eigenvalue weighted by atomic mass is 10.2. The molecule has 0 saturated carbocycles. The van der Waals surface area contributed by atoms with E-state index in [0.717, 1.165) is 26.1 Å². The molecule has 0 amide bonds. The van der Waals surface area contributed by atoms with Crippen molar-refractivity contribution in [1.29, 1.82) is 0 Å². The lowest BCUT2D eigenvalue weighted by Crippen LogP contribution is -2.53. The van der Waals surface area contributed by atoms with Crippen LogP contribution in [0, 0.1) is 0 Å². The summed E-state index contributed by atoms with van der Waals surface area (Å²) < 4.78 is 0. The molecule has 4 nitrogen and oxygen atoms in total. The van der Waals surface area contributed by atoms with Crippen LogP contribution in [0.25, 0.3) is 0 Å². The standard InChI is InChI=1S/C10H24N4/c1-13-6-7-14(2)10(9-13)8-12-5-3-4-11/h10,12H,3-9,11H2,1-2H3. The summed E-state index contributed by atoms with van der Waals surface area (Å²) in [6.45, 7) is 6.46. The minimum atomic E-state index is 0.659. The molecule has 1 saturated heterocycles. The second-order valence-electron chi connectivity index (χ2n) is 4.24. The molecule has 14 heavy (non-hydrogen) atoms. The van der Waals surface area contributed by atoms with Crippen LogP contribution >= 0.6 is 0 Å². The zero-order valence-corrected chi connectivity index (χ0v) is 9.50. The van der Waals surface area contributed by atoms with Gasteiger partial charge in [0.05, 0.1) is 0 Å². The van der Waals surface area contributed by atoms with Gasteiger partial charge in [-0.1, -0.05) is 0 Å². The molecule has 0 aromatic rings. The van der Waals surface area contributed by atoms with Gasteiger partial charge in [-0.2, -0.15) is 0 Å². The Kier molecular flexibility index (Phi) is 5.40. The molecule has 0 aliphatic carbocycles. The van der Waals surface area contributed by atoms with Crippen molar-refractivity contribution in [2.45, 2.75) is 12.5 Å². The average Bonchev–Trinajstić information content (AvgIpc) is 2.18. The summed E-state index contributed by atoms with van der Waals surface area (Å²) in [7, 11) is 4.40. The maximum absolute atomic E-state index is 5.44. The molecule has 0 spiro atoms. The minimum Gasteiger partial charge on any atom is -0.330 e. The summed E-state index contributed by atoms with van der Waals surface area (Å²) in [6.07, 6.45) is 1.08. The Balaban J connectivity index is 2.14. The quantitative estimate of drug-likeness (QED) is 0.569. The summed E-state index contributed by atoms with van der Waals surface area (Å²) in [5, 5.41) is 3.46. The first-order chi connectivity index (χ1) is 6.74. The Hall–Kier alpha value is -0.160. The molecule has 84 valence electrons. The number of rotatable bonds is 5. The molecule has 1 atom stereocenters. The monoisotopic (exact) mass is 200 g/mol. The molecule has 1 fully saturated rings. The third kappa shape index (κ3) is 3.92. The van der Waals surface area contributed by atoms with Gasteiger partial charge in [-0.15, -0.1) is 0 Å². The van der Waals surface area contributed by atoms with E-state index in [1.807, 2.05) is 0 Å². The van der Waals surface area contributed by atoms with E-state index < -0.39 is 0 Å². The second kappa shape index (κ2) is 6.35. The van der Waals surface area contributed by atoms with E-state index in [9.17, 15) is 0 Å².